The van der Waals surface area contributed by atoms with E-state index in [4.69, 9.17) is 4.42 Å². The number of rotatable bonds is 5. The Morgan fingerprint density at radius 3 is 2.61 bits per heavy atom. The SMILES string of the molecule is CS(=O)(=O)n1nc(-c2ccco2)nc1NCc1ccc(F)cc1. The maximum Gasteiger partial charge on any atom is 0.254 e. The van der Waals surface area contributed by atoms with Crippen LogP contribution in [-0.4, -0.2) is 28.8 Å². The van der Waals surface area contributed by atoms with E-state index in [0.29, 0.717) is 5.76 Å². The van der Waals surface area contributed by atoms with Gasteiger partial charge in [-0.3, -0.25) is 0 Å². The first-order valence-electron chi connectivity index (χ1n) is 6.63. The molecule has 1 aromatic carbocycles. The Morgan fingerprint density at radius 2 is 2.00 bits per heavy atom. The molecule has 0 spiro atoms. The van der Waals surface area contributed by atoms with E-state index in [1.165, 1.54) is 18.4 Å². The van der Waals surface area contributed by atoms with E-state index >= 15 is 0 Å². The number of anilines is 1. The highest BCUT2D eigenvalue weighted by molar-refractivity contribution is 7.89. The molecule has 120 valence electrons. The maximum absolute atomic E-state index is 12.9. The standard InChI is InChI=1S/C14H13FN4O3S/c1-23(20,21)19-14(16-9-10-4-6-11(15)7-5-10)17-13(18-19)12-3-2-8-22-12/h2-8H,9H2,1H3,(H,16,17,18). The summed E-state index contributed by atoms with van der Waals surface area (Å²) in [6, 6.07) is 9.13. The number of halogens is 1. The molecule has 0 aliphatic rings. The van der Waals surface area contributed by atoms with Crippen LogP contribution in [-0.2, 0) is 16.6 Å². The molecule has 0 aliphatic heterocycles. The normalized spacial score (nSPS) is 11.6. The summed E-state index contributed by atoms with van der Waals surface area (Å²) in [5.41, 5.74) is 0.772. The lowest BCUT2D eigenvalue weighted by Crippen LogP contribution is -2.16. The number of nitrogens with zero attached hydrogens (tertiary/aromatic N) is 3. The Balaban J connectivity index is 1.89. The second kappa shape index (κ2) is 5.84. The van der Waals surface area contributed by atoms with Gasteiger partial charge in [-0.2, -0.15) is 4.98 Å². The molecule has 0 unspecified atom stereocenters. The van der Waals surface area contributed by atoms with Gasteiger partial charge in [-0.05, 0) is 29.8 Å². The molecule has 0 atom stereocenters. The van der Waals surface area contributed by atoms with E-state index in [1.54, 1.807) is 24.3 Å². The van der Waals surface area contributed by atoms with E-state index in [-0.39, 0.29) is 24.1 Å². The van der Waals surface area contributed by atoms with Crippen LogP contribution in [0.15, 0.2) is 47.1 Å². The molecule has 0 saturated carbocycles. The van der Waals surface area contributed by atoms with Crippen molar-refractivity contribution in [3.63, 3.8) is 0 Å². The average Bonchev–Trinajstić information content (AvgIpc) is 3.15. The molecule has 7 nitrogen and oxygen atoms in total. The van der Waals surface area contributed by atoms with Gasteiger partial charge in [0, 0.05) is 6.54 Å². The quantitative estimate of drug-likeness (QED) is 0.767. The Bertz CT molecular complexity index is 902. The molecule has 0 saturated heterocycles. The first kappa shape index (κ1) is 15.2. The molecule has 0 fully saturated rings. The van der Waals surface area contributed by atoms with Crippen molar-refractivity contribution < 1.29 is 17.2 Å². The van der Waals surface area contributed by atoms with Crippen molar-refractivity contribution in [1.29, 1.82) is 0 Å². The molecular weight excluding hydrogens is 323 g/mol. The zero-order valence-corrected chi connectivity index (χ0v) is 12.9. The zero-order valence-electron chi connectivity index (χ0n) is 12.1. The van der Waals surface area contributed by atoms with Crippen molar-refractivity contribution in [2.24, 2.45) is 0 Å². The van der Waals surface area contributed by atoms with Gasteiger partial charge in [0.2, 0.25) is 11.8 Å². The molecule has 2 aromatic heterocycles. The van der Waals surface area contributed by atoms with E-state index in [2.05, 4.69) is 15.4 Å². The number of furan rings is 1. The molecule has 23 heavy (non-hydrogen) atoms. The highest BCUT2D eigenvalue weighted by atomic mass is 32.2. The molecule has 2 heterocycles. The minimum atomic E-state index is -3.64. The molecule has 1 N–H and O–H groups in total. The summed E-state index contributed by atoms with van der Waals surface area (Å²) in [5, 5.41) is 6.84. The summed E-state index contributed by atoms with van der Waals surface area (Å²) < 4.78 is 42.5. The Labute approximate surface area is 131 Å². The molecule has 3 aromatic rings. The van der Waals surface area contributed by atoms with E-state index in [9.17, 15) is 12.8 Å². The first-order valence-corrected chi connectivity index (χ1v) is 8.48. The van der Waals surface area contributed by atoms with Gasteiger partial charge in [0.15, 0.2) is 5.76 Å². The number of hydrogen-bond donors (Lipinski definition) is 1. The summed E-state index contributed by atoms with van der Waals surface area (Å²) in [5.74, 6) is 0.232. The number of benzene rings is 1. The maximum atomic E-state index is 12.9. The van der Waals surface area contributed by atoms with Gasteiger partial charge in [0.25, 0.3) is 10.0 Å². The van der Waals surface area contributed by atoms with Crippen LogP contribution in [0.1, 0.15) is 5.56 Å². The van der Waals surface area contributed by atoms with Crippen molar-refractivity contribution in [2.75, 3.05) is 11.6 Å². The summed E-state index contributed by atoms with van der Waals surface area (Å²) in [6.45, 7) is 0.270. The monoisotopic (exact) mass is 336 g/mol. The third-order valence-electron chi connectivity index (χ3n) is 3.00. The topological polar surface area (TPSA) is 90.0 Å². The van der Waals surface area contributed by atoms with Crippen LogP contribution in [0.5, 0.6) is 0 Å². The van der Waals surface area contributed by atoms with Crippen molar-refractivity contribution in [3.8, 4) is 11.6 Å². The summed E-state index contributed by atoms with van der Waals surface area (Å²) in [7, 11) is -3.64. The minimum Gasteiger partial charge on any atom is -0.461 e. The van der Waals surface area contributed by atoms with Gasteiger partial charge in [0.1, 0.15) is 5.82 Å². The van der Waals surface area contributed by atoms with Crippen LogP contribution in [0.25, 0.3) is 11.6 Å². The Hall–Kier alpha value is -2.68. The Kier molecular flexibility index (Phi) is 3.87. The van der Waals surface area contributed by atoms with E-state index < -0.39 is 10.0 Å². The third kappa shape index (κ3) is 3.39. The zero-order chi connectivity index (χ0) is 16.4. The van der Waals surface area contributed by atoms with Crippen LogP contribution in [0.4, 0.5) is 10.3 Å². The van der Waals surface area contributed by atoms with Crippen LogP contribution < -0.4 is 5.32 Å². The largest absolute Gasteiger partial charge is 0.461 e. The van der Waals surface area contributed by atoms with Gasteiger partial charge < -0.3 is 9.73 Å². The molecular formula is C14H13FN4O3S. The van der Waals surface area contributed by atoms with Gasteiger partial charge in [-0.1, -0.05) is 12.1 Å². The second-order valence-electron chi connectivity index (χ2n) is 4.82. The summed E-state index contributed by atoms with van der Waals surface area (Å²) in [4.78, 5) is 4.15. The molecule has 9 heteroatoms. The lowest BCUT2D eigenvalue weighted by atomic mass is 10.2. The highest BCUT2D eigenvalue weighted by Crippen LogP contribution is 2.19. The summed E-state index contributed by atoms with van der Waals surface area (Å²) >= 11 is 0. The van der Waals surface area contributed by atoms with Crippen molar-refractivity contribution in [2.45, 2.75) is 6.54 Å². The molecule has 0 bridgehead atoms. The highest BCUT2D eigenvalue weighted by Gasteiger charge is 2.19. The Morgan fingerprint density at radius 1 is 1.26 bits per heavy atom. The van der Waals surface area contributed by atoms with Crippen molar-refractivity contribution >= 4 is 16.0 Å². The van der Waals surface area contributed by atoms with Crippen molar-refractivity contribution in [3.05, 3.63) is 54.0 Å². The van der Waals surface area contributed by atoms with Gasteiger partial charge >= 0.3 is 0 Å². The lowest BCUT2D eigenvalue weighted by molar-refractivity contribution is 0.575. The molecule has 3 rings (SSSR count). The second-order valence-corrected chi connectivity index (χ2v) is 6.63. The number of aromatic nitrogens is 3. The van der Waals surface area contributed by atoms with Crippen LogP contribution in [0, 0.1) is 5.82 Å². The van der Waals surface area contributed by atoms with Gasteiger partial charge in [-0.25, -0.2) is 12.8 Å². The number of nitrogens with one attached hydrogen (secondary N) is 1. The average molecular weight is 336 g/mol. The third-order valence-corrected chi connectivity index (χ3v) is 3.88. The predicted octanol–water partition coefficient (Wildman–Crippen LogP) is 2.10. The fraction of sp³-hybridized carbons (Fsp3) is 0.143. The minimum absolute atomic E-state index is 0.0585. The molecule has 0 amide bonds. The van der Waals surface area contributed by atoms with E-state index in [1.807, 2.05) is 0 Å². The van der Waals surface area contributed by atoms with Gasteiger partial charge in [0.05, 0.1) is 12.5 Å². The fourth-order valence-corrected chi connectivity index (χ4v) is 2.58. The van der Waals surface area contributed by atoms with Crippen molar-refractivity contribution in [1.82, 2.24) is 14.2 Å². The first-order chi connectivity index (χ1) is 10.9. The molecule has 0 radical (unpaired) electrons. The summed E-state index contributed by atoms with van der Waals surface area (Å²) in [6.07, 6.45) is 2.47. The van der Waals surface area contributed by atoms with E-state index in [0.717, 1.165) is 15.9 Å². The fourth-order valence-electron chi connectivity index (χ4n) is 1.93. The smallest absolute Gasteiger partial charge is 0.254 e. The lowest BCUT2D eigenvalue weighted by Gasteiger charge is -2.06. The van der Waals surface area contributed by atoms with Crippen LogP contribution in [0.3, 0.4) is 0 Å². The van der Waals surface area contributed by atoms with Gasteiger partial charge in [-0.15, -0.1) is 9.19 Å². The molecule has 0 aliphatic carbocycles. The van der Waals surface area contributed by atoms with Crippen LogP contribution in [0.2, 0.25) is 0 Å². The predicted molar refractivity (Wildman–Crippen MR) is 81.7 cm³/mol. The van der Waals surface area contributed by atoms with Crippen LogP contribution >= 0.6 is 0 Å². The number of hydrogen-bond acceptors (Lipinski definition) is 6.